The first-order chi connectivity index (χ1) is 7.15. The molecule has 0 aromatic carbocycles. The quantitative estimate of drug-likeness (QED) is 0.716. The third kappa shape index (κ3) is 3.12. The Morgan fingerprint density at radius 1 is 1.60 bits per heavy atom. The van der Waals surface area contributed by atoms with Gasteiger partial charge in [-0.3, -0.25) is 0 Å². The van der Waals surface area contributed by atoms with E-state index in [1.54, 1.807) is 6.08 Å². The summed E-state index contributed by atoms with van der Waals surface area (Å²) in [4.78, 5) is 7.97. The van der Waals surface area contributed by atoms with E-state index in [1.165, 1.54) is 6.33 Å². The molecule has 0 aliphatic rings. The van der Waals surface area contributed by atoms with Crippen molar-refractivity contribution in [2.75, 3.05) is 17.6 Å². The fourth-order valence-corrected chi connectivity index (χ4v) is 1.01. The highest BCUT2D eigenvalue weighted by molar-refractivity contribution is 5.66. The molecule has 0 saturated carbocycles. The van der Waals surface area contributed by atoms with Crippen molar-refractivity contribution in [2.45, 2.75) is 20.0 Å². The summed E-state index contributed by atoms with van der Waals surface area (Å²) < 4.78 is 5.42. The molecule has 82 valence electrons. The molecule has 0 atom stereocenters. The van der Waals surface area contributed by atoms with Crippen molar-refractivity contribution in [3.05, 3.63) is 19.0 Å². The van der Waals surface area contributed by atoms with Gasteiger partial charge in [-0.25, -0.2) is 4.98 Å². The van der Waals surface area contributed by atoms with Crippen LogP contribution in [-0.4, -0.2) is 22.6 Å². The molecule has 5 nitrogen and oxygen atoms in total. The van der Waals surface area contributed by atoms with Gasteiger partial charge in [-0.05, 0) is 13.8 Å². The van der Waals surface area contributed by atoms with Crippen LogP contribution in [0.2, 0.25) is 0 Å². The van der Waals surface area contributed by atoms with Gasteiger partial charge in [0.15, 0.2) is 5.82 Å². The summed E-state index contributed by atoms with van der Waals surface area (Å²) in [6.45, 7) is 8.03. The first kappa shape index (κ1) is 11.3. The number of hydrogen-bond donors (Lipinski definition) is 2. The molecule has 1 aromatic heterocycles. The van der Waals surface area contributed by atoms with E-state index in [2.05, 4.69) is 21.9 Å². The number of hydrogen-bond acceptors (Lipinski definition) is 5. The van der Waals surface area contributed by atoms with Crippen molar-refractivity contribution in [2.24, 2.45) is 0 Å². The van der Waals surface area contributed by atoms with Crippen molar-refractivity contribution in [1.82, 2.24) is 9.97 Å². The van der Waals surface area contributed by atoms with E-state index in [1.807, 2.05) is 13.8 Å². The second-order valence-corrected chi connectivity index (χ2v) is 3.28. The Balaban J connectivity index is 2.84. The molecule has 0 unspecified atom stereocenters. The SMILES string of the molecule is C=CCNc1ncnc(OC(C)C)c1N. The monoisotopic (exact) mass is 208 g/mol. The van der Waals surface area contributed by atoms with Gasteiger partial charge in [-0.1, -0.05) is 6.08 Å². The number of nitrogens with zero attached hydrogens (tertiary/aromatic N) is 2. The Morgan fingerprint density at radius 3 is 2.93 bits per heavy atom. The van der Waals surface area contributed by atoms with Crippen LogP contribution in [0.1, 0.15) is 13.8 Å². The van der Waals surface area contributed by atoms with E-state index in [9.17, 15) is 0 Å². The van der Waals surface area contributed by atoms with Crippen LogP contribution < -0.4 is 15.8 Å². The lowest BCUT2D eigenvalue weighted by Crippen LogP contribution is -2.11. The highest BCUT2D eigenvalue weighted by atomic mass is 16.5. The molecule has 3 N–H and O–H groups in total. The average molecular weight is 208 g/mol. The van der Waals surface area contributed by atoms with E-state index in [0.717, 1.165) is 0 Å². The summed E-state index contributed by atoms with van der Waals surface area (Å²) >= 11 is 0. The number of aromatic nitrogens is 2. The molecule has 1 aromatic rings. The van der Waals surface area contributed by atoms with Gasteiger partial charge in [0.1, 0.15) is 12.0 Å². The van der Waals surface area contributed by atoms with Crippen LogP contribution >= 0.6 is 0 Å². The topological polar surface area (TPSA) is 73.1 Å². The van der Waals surface area contributed by atoms with Gasteiger partial charge in [-0.2, -0.15) is 4.98 Å². The molecule has 0 aliphatic carbocycles. The minimum Gasteiger partial charge on any atom is -0.473 e. The fraction of sp³-hybridized carbons (Fsp3) is 0.400. The maximum absolute atomic E-state index is 5.83. The van der Waals surface area contributed by atoms with E-state index < -0.39 is 0 Å². The van der Waals surface area contributed by atoms with Crippen LogP contribution in [0.15, 0.2) is 19.0 Å². The summed E-state index contributed by atoms with van der Waals surface area (Å²) in [6, 6.07) is 0. The van der Waals surface area contributed by atoms with E-state index in [-0.39, 0.29) is 6.10 Å². The van der Waals surface area contributed by atoms with Gasteiger partial charge < -0.3 is 15.8 Å². The lowest BCUT2D eigenvalue weighted by Gasteiger charge is -2.12. The van der Waals surface area contributed by atoms with Crippen LogP contribution in [0.3, 0.4) is 0 Å². The number of nitrogens with one attached hydrogen (secondary N) is 1. The van der Waals surface area contributed by atoms with Gasteiger partial charge in [0.25, 0.3) is 0 Å². The Bertz CT molecular complexity index is 338. The van der Waals surface area contributed by atoms with Gasteiger partial charge in [0, 0.05) is 6.54 Å². The average Bonchev–Trinajstić information content (AvgIpc) is 2.19. The maximum atomic E-state index is 5.83. The molecule has 0 aliphatic heterocycles. The number of ether oxygens (including phenoxy) is 1. The third-order valence-corrected chi connectivity index (χ3v) is 1.61. The Kier molecular flexibility index (Phi) is 3.91. The molecule has 0 fully saturated rings. The number of nitrogen functional groups attached to an aromatic ring is 1. The minimum atomic E-state index is 0.0365. The molecule has 5 heteroatoms. The first-order valence-electron chi connectivity index (χ1n) is 4.77. The van der Waals surface area contributed by atoms with Crippen molar-refractivity contribution in [3.8, 4) is 5.88 Å². The highest BCUT2D eigenvalue weighted by Gasteiger charge is 2.09. The van der Waals surface area contributed by atoms with E-state index in [4.69, 9.17) is 10.5 Å². The Morgan fingerprint density at radius 2 is 2.33 bits per heavy atom. The van der Waals surface area contributed by atoms with Crippen LogP contribution in [0, 0.1) is 0 Å². The van der Waals surface area contributed by atoms with Crippen molar-refractivity contribution < 1.29 is 4.74 Å². The molecule has 15 heavy (non-hydrogen) atoms. The molecular formula is C10H16N4O. The lowest BCUT2D eigenvalue weighted by atomic mass is 10.4. The molecule has 0 bridgehead atoms. The summed E-state index contributed by atoms with van der Waals surface area (Å²) in [5.41, 5.74) is 6.25. The third-order valence-electron chi connectivity index (χ3n) is 1.61. The zero-order valence-electron chi connectivity index (χ0n) is 9.03. The highest BCUT2D eigenvalue weighted by Crippen LogP contribution is 2.24. The smallest absolute Gasteiger partial charge is 0.242 e. The van der Waals surface area contributed by atoms with Gasteiger partial charge in [-0.15, -0.1) is 6.58 Å². The standard InChI is InChI=1S/C10H16N4O/c1-4-5-12-9-8(11)10(14-6-13-9)15-7(2)3/h4,6-7H,1,5,11H2,2-3H3,(H,12,13,14). The van der Waals surface area contributed by atoms with E-state index >= 15 is 0 Å². The normalized spacial score (nSPS) is 10.1. The van der Waals surface area contributed by atoms with Gasteiger partial charge >= 0.3 is 0 Å². The Hall–Kier alpha value is -1.78. The van der Waals surface area contributed by atoms with Crippen LogP contribution in [0.4, 0.5) is 11.5 Å². The van der Waals surface area contributed by atoms with Crippen molar-refractivity contribution >= 4 is 11.5 Å². The lowest BCUT2D eigenvalue weighted by molar-refractivity contribution is 0.234. The number of anilines is 2. The summed E-state index contributed by atoms with van der Waals surface area (Å²) in [7, 11) is 0. The minimum absolute atomic E-state index is 0.0365. The van der Waals surface area contributed by atoms with Crippen molar-refractivity contribution in [1.29, 1.82) is 0 Å². The molecular weight excluding hydrogens is 192 g/mol. The molecule has 0 amide bonds. The predicted octanol–water partition coefficient (Wildman–Crippen LogP) is 1.44. The van der Waals surface area contributed by atoms with Gasteiger partial charge in [0.05, 0.1) is 6.10 Å². The molecule has 0 saturated heterocycles. The van der Waals surface area contributed by atoms with Crippen LogP contribution in [0.25, 0.3) is 0 Å². The van der Waals surface area contributed by atoms with Crippen LogP contribution in [0.5, 0.6) is 5.88 Å². The predicted molar refractivity (Wildman–Crippen MR) is 60.9 cm³/mol. The fourth-order valence-electron chi connectivity index (χ4n) is 1.01. The zero-order chi connectivity index (χ0) is 11.3. The second kappa shape index (κ2) is 5.19. The second-order valence-electron chi connectivity index (χ2n) is 3.28. The molecule has 1 heterocycles. The zero-order valence-corrected chi connectivity index (χ0v) is 9.03. The van der Waals surface area contributed by atoms with E-state index in [0.29, 0.717) is 23.9 Å². The summed E-state index contributed by atoms with van der Waals surface area (Å²) in [5.74, 6) is 0.979. The number of rotatable bonds is 5. The first-order valence-corrected chi connectivity index (χ1v) is 4.77. The molecule has 0 spiro atoms. The Labute approximate surface area is 89.4 Å². The molecule has 0 radical (unpaired) electrons. The summed E-state index contributed by atoms with van der Waals surface area (Å²) in [6.07, 6.45) is 3.18. The largest absolute Gasteiger partial charge is 0.473 e. The molecule has 1 rings (SSSR count). The van der Waals surface area contributed by atoms with Gasteiger partial charge in [0.2, 0.25) is 5.88 Å². The maximum Gasteiger partial charge on any atom is 0.242 e. The van der Waals surface area contributed by atoms with Crippen LogP contribution in [-0.2, 0) is 0 Å². The number of nitrogens with two attached hydrogens (primary N) is 1. The van der Waals surface area contributed by atoms with Crippen molar-refractivity contribution in [3.63, 3.8) is 0 Å². The summed E-state index contributed by atoms with van der Waals surface area (Å²) in [5, 5.41) is 3.00.